The summed E-state index contributed by atoms with van der Waals surface area (Å²) in [6.45, 7) is 1.46. The third-order valence-corrected chi connectivity index (χ3v) is 6.91. The van der Waals surface area contributed by atoms with Crippen LogP contribution in [-0.4, -0.2) is 37.2 Å². The molecule has 2 aromatic carbocycles. The highest BCUT2D eigenvalue weighted by Gasteiger charge is 2.23. The number of likely N-dealkylation sites (N-methyl/N-ethyl adjacent to an activating group) is 1. The van der Waals surface area contributed by atoms with Crippen molar-refractivity contribution in [2.45, 2.75) is 11.8 Å². The second-order valence-electron chi connectivity index (χ2n) is 6.06. The summed E-state index contributed by atoms with van der Waals surface area (Å²) in [5.41, 5.74) is 1.77. The van der Waals surface area contributed by atoms with Crippen molar-refractivity contribution in [2.24, 2.45) is 0 Å². The standard InChI is InChI=1S/C19H18FN3O3S2/c1-13-18(14-6-4-3-5-7-14)27-19(21-13)22-17(24)12-23(2)28(25,26)16-10-8-15(20)9-11-16/h3-11H,12H2,1-2H3,(H,21,22,24). The molecule has 0 aliphatic rings. The van der Waals surface area contributed by atoms with E-state index in [1.54, 1.807) is 0 Å². The minimum atomic E-state index is -3.90. The first-order valence-corrected chi connectivity index (χ1v) is 10.6. The summed E-state index contributed by atoms with van der Waals surface area (Å²) in [6, 6.07) is 14.1. The number of carbonyl (C=O) groups is 1. The van der Waals surface area contributed by atoms with Crippen molar-refractivity contribution >= 4 is 32.4 Å². The van der Waals surface area contributed by atoms with Gasteiger partial charge in [0.2, 0.25) is 15.9 Å². The molecule has 1 aromatic heterocycles. The number of sulfonamides is 1. The summed E-state index contributed by atoms with van der Waals surface area (Å²) >= 11 is 1.32. The Labute approximate surface area is 166 Å². The average Bonchev–Trinajstić information content (AvgIpc) is 3.02. The fourth-order valence-corrected chi connectivity index (χ4v) is 4.65. The molecule has 3 rings (SSSR count). The number of nitrogens with zero attached hydrogens (tertiary/aromatic N) is 2. The number of aromatic nitrogens is 1. The van der Waals surface area contributed by atoms with Gasteiger partial charge in [-0.15, -0.1) is 0 Å². The van der Waals surface area contributed by atoms with E-state index in [2.05, 4.69) is 10.3 Å². The summed E-state index contributed by atoms with van der Waals surface area (Å²) in [6.07, 6.45) is 0. The summed E-state index contributed by atoms with van der Waals surface area (Å²) in [5, 5.41) is 3.04. The van der Waals surface area contributed by atoms with Crippen molar-refractivity contribution in [3.63, 3.8) is 0 Å². The van der Waals surface area contributed by atoms with Crippen LogP contribution in [0.3, 0.4) is 0 Å². The molecule has 0 aliphatic carbocycles. The monoisotopic (exact) mass is 419 g/mol. The summed E-state index contributed by atoms with van der Waals surface area (Å²) in [7, 11) is -2.61. The van der Waals surface area contributed by atoms with Crippen LogP contribution >= 0.6 is 11.3 Å². The molecule has 1 heterocycles. The van der Waals surface area contributed by atoms with Gasteiger partial charge in [0, 0.05) is 7.05 Å². The maximum Gasteiger partial charge on any atom is 0.243 e. The number of thiazole rings is 1. The highest BCUT2D eigenvalue weighted by Crippen LogP contribution is 2.32. The van der Waals surface area contributed by atoms with Gasteiger partial charge in [-0.2, -0.15) is 4.31 Å². The van der Waals surface area contributed by atoms with E-state index in [0.29, 0.717) is 5.13 Å². The molecule has 0 bridgehead atoms. The van der Waals surface area contributed by atoms with Crippen LogP contribution in [0.25, 0.3) is 10.4 Å². The Hall–Kier alpha value is -2.62. The van der Waals surface area contributed by atoms with Crippen LogP contribution < -0.4 is 5.32 Å². The van der Waals surface area contributed by atoms with Crippen LogP contribution in [-0.2, 0) is 14.8 Å². The number of hydrogen-bond acceptors (Lipinski definition) is 5. The number of halogens is 1. The van der Waals surface area contributed by atoms with Gasteiger partial charge >= 0.3 is 0 Å². The van der Waals surface area contributed by atoms with Gasteiger partial charge < -0.3 is 5.32 Å². The van der Waals surface area contributed by atoms with Crippen LogP contribution in [0.4, 0.5) is 9.52 Å². The molecule has 0 aliphatic heterocycles. The molecule has 0 saturated heterocycles. The Balaban J connectivity index is 1.69. The Morgan fingerprint density at radius 1 is 1.14 bits per heavy atom. The Bertz CT molecular complexity index is 1080. The molecule has 0 spiro atoms. The molecular formula is C19H18FN3O3S2. The van der Waals surface area contributed by atoms with Crippen LogP contribution in [0.15, 0.2) is 59.5 Å². The first-order valence-electron chi connectivity index (χ1n) is 8.32. The zero-order chi connectivity index (χ0) is 20.3. The molecule has 0 saturated carbocycles. The SMILES string of the molecule is Cc1nc(NC(=O)CN(C)S(=O)(=O)c2ccc(F)cc2)sc1-c1ccccc1. The van der Waals surface area contributed by atoms with Crippen molar-refractivity contribution in [3.05, 3.63) is 66.1 Å². The molecule has 0 atom stereocenters. The maximum absolute atomic E-state index is 13.0. The molecule has 1 amide bonds. The molecular weight excluding hydrogens is 401 g/mol. The molecule has 28 heavy (non-hydrogen) atoms. The largest absolute Gasteiger partial charge is 0.301 e. The van der Waals surface area contributed by atoms with Gasteiger partial charge in [0.15, 0.2) is 5.13 Å². The predicted octanol–water partition coefficient (Wildman–Crippen LogP) is 3.52. The van der Waals surface area contributed by atoms with Gasteiger partial charge in [0.1, 0.15) is 5.82 Å². The third-order valence-electron chi connectivity index (χ3n) is 3.97. The first-order chi connectivity index (χ1) is 13.3. The highest BCUT2D eigenvalue weighted by molar-refractivity contribution is 7.89. The lowest BCUT2D eigenvalue weighted by atomic mass is 10.2. The van der Waals surface area contributed by atoms with Crippen LogP contribution in [0, 0.1) is 12.7 Å². The zero-order valence-corrected chi connectivity index (χ0v) is 16.8. The Morgan fingerprint density at radius 2 is 1.79 bits per heavy atom. The van der Waals surface area contributed by atoms with Crippen LogP contribution in [0.1, 0.15) is 5.69 Å². The van der Waals surface area contributed by atoms with E-state index in [0.717, 1.165) is 44.7 Å². The van der Waals surface area contributed by atoms with E-state index in [1.165, 1.54) is 18.4 Å². The molecule has 1 N–H and O–H groups in total. The lowest BCUT2D eigenvalue weighted by Crippen LogP contribution is -2.34. The average molecular weight is 420 g/mol. The number of rotatable bonds is 6. The van der Waals surface area contributed by atoms with E-state index >= 15 is 0 Å². The van der Waals surface area contributed by atoms with E-state index < -0.39 is 21.7 Å². The highest BCUT2D eigenvalue weighted by atomic mass is 32.2. The first kappa shape index (κ1) is 20.1. The fourth-order valence-electron chi connectivity index (χ4n) is 2.54. The lowest BCUT2D eigenvalue weighted by Gasteiger charge is -2.16. The topological polar surface area (TPSA) is 79.4 Å². The molecule has 0 unspecified atom stereocenters. The normalized spacial score (nSPS) is 11.6. The number of aryl methyl sites for hydroxylation is 1. The van der Waals surface area contributed by atoms with Gasteiger partial charge in [0.25, 0.3) is 0 Å². The zero-order valence-electron chi connectivity index (χ0n) is 15.2. The number of anilines is 1. The number of hydrogen-bond donors (Lipinski definition) is 1. The van der Waals surface area contributed by atoms with Gasteiger partial charge in [-0.1, -0.05) is 41.7 Å². The minimum Gasteiger partial charge on any atom is -0.301 e. The molecule has 6 nitrogen and oxygen atoms in total. The van der Waals surface area contributed by atoms with Crippen molar-refractivity contribution in [1.29, 1.82) is 0 Å². The van der Waals surface area contributed by atoms with E-state index in [-0.39, 0.29) is 11.4 Å². The molecule has 0 fully saturated rings. The van der Waals surface area contributed by atoms with Crippen LogP contribution in [0.2, 0.25) is 0 Å². The summed E-state index contributed by atoms with van der Waals surface area (Å²) < 4.78 is 38.9. The van der Waals surface area contributed by atoms with Gasteiger partial charge in [-0.25, -0.2) is 17.8 Å². The predicted molar refractivity (Wildman–Crippen MR) is 107 cm³/mol. The second kappa shape index (κ2) is 8.17. The molecule has 9 heteroatoms. The van der Waals surface area contributed by atoms with Crippen molar-refractivity contribution < 1.29 is 17.6 Å². The molecule has 146 valence electrons. The summed E-state index contributed by atoms with van der Waals surface area (Å²) in [4.78, 5) is 17.5. The lowest BCUT2D eigenvalue weighted by molar-refractivity contribution is -0.116. The van der Waals surface area contributed by atoms with Crippen molar-refractivity contribution in [1.82, 2.24) is 9.29 Å². The third kappa shape index (κ3) is 4.44. The molecule has 3 aromatic rings. The smallest absolute Gasteiger partial charge is 0.243 e. The van der Waals surface area contributed by atoms with Gasteiger partial charge in [-0.3, -0.25) is 4.79 Å². The number of nitrogens with one attached hydrogen (secondary N) is 1. The fraction of sp³-hybridized carbons (Fsp3) is 0.158. The van der Waals surface area contributed by atoms with Crippen molar-refractivity contribution in [2.75, 3.05) is 18.9 Å². The number of carbonyl (C=O) groups excluding carboxylic acids is 1. The van der Waals surface area contributed by atoms with Gasteiger partial charge in [0.05, 0.1) is 22.0 Å². The quantitative estimate of drug-likeness (QED) is 0.663. The minimum absolute atomic E-state index is 0.0827. The van der Waals surface area contributed by atoms with Crippen LogP contribution in [0.5, 0.6) is 0 Å². The van der Waals surface area contributed by atoms with E-state index in [4.69, 9.17) is 0 Å². The number of benzene rings is 2. The number of amides is 1. The van der Waals surface area contributed by atoms with Crippen molar-refractivity contribution in [3.8, 4) is 10.4 Å². The van der Waals surface area contributed by atoms with E-state index in [9.17, 15) is 17.6 Å². The molecule has 0 radical (unpaired) electrons. The summed E-state index contributed by atoms with van der Waals surface area (Å²) in [5.74, 6) is -1.05. The van der Waals surface area contributed by atoms with Gasteiger partial charge in [-0.05, 0) is 36.8 Å². The second-order valence-corrected chi connectivity index (χ2v) is 9.11. The van der Waals surface area contributed by atoms with E-state index in [1.807, 2.05) is 37.3 Å². The Morgan fingerprint density at radius 3 is 2.43 bits per heavy atom. The Kier molecular flexibility index (Phi) is 5.87. The maximum atomic E-state index is 13.0.